The van der Waals surface area contributed by atoms with Crippen molar-refractivity contribution in [3.63, 3.8) is 0 Å². The third-order valence-electron chi connectivity index (χ3n) is 6.83. The van der Waals surface area contributed by atoms with Crippen LogP contribution in [0, 0.1) is 11.8 Å². The molecule has 27 heavy (non-hydrogen) atoms. The fourth-order valence-corrected chi connectivity index (χ4v) is 4.96. The minimum atomic E-state index is -0.0827. The summed E-state index contributed by atoms with van der Waals surface area (Å²) in [5.41, 5.74) is 2.11. The van der Waals surface area contributed by atoms with E-state index >= 15 is 0 Å². The maximum absolute atomic E-state index is 13.1. The molecule has 1 unspecified atom stereocenters. The second kappa shape index (κ2) is 8.04. The van der Waals surface area contributed by atoms with Gasteiger partial charge in [-0.15, -0.1) is 0 Å². The van der Waals surface area contributed by atoms with E-state index in [1.807, 2.05) is 18.2 Å². The minimum Gasteiger partial charge on any atom is -0.337 e. The van der Waals surface area contributed by atoms with Gasteiger partial charge in [0, 0.05) is 30.1 Å². The van der Waals surface area contributed by atoms with E-state index < -0.39 is 0 Å². The Balaban J connectivity index is 1.34. The van der Waals surface area contributed by atoms with Gasteiger partial charge in [-0.25, -0.2) is 0 Å². The highest BCUT2D eigenvalue weighted by Crippen LogP contribution is 2.37. The summed E-state index contributed by atoms with van der Waals surface area (Å²) in [7, 11) is 0. The van der Waals surface area contributed by atoms with Gasteiger partial charge in [0.1, 0.15) is 0 Å². The lowest BCUT2D eigenvalue weighted by atomic mass is 9.83. The maximum atomic E-state index is 13.1. The molecule has 2 saturated carbocycles. The molecule has 146 valence electrons. The first-order valence-electron chi connectivity index (χ1n) is 10.9. The zero-order valence-corrected chi connectivity index (χ0v) is 16.5. The summed E-state index contributed by atoms with van der Waals surface area (Å²) in [5, 5.41) is 3.01. The second-order valence-corrected chi connectivity index (χ2v) is 8.70. The van der Waals surface area contributed by atoms with Crippen molar-refractivity contribution in [1.29, 1.82) is 0 Å². The Morgan fingerprint density at radius 1 is 1.07 bits per heavy atom. The van der Waals surface area contributed by atoms with Crippen LogP contribution in [-0.4, -0.2) is 28.8 Å². The van der Waals surface area contributed by atoms with Crippen molar-refractivity contribution >= 4 is 17.5 Å². The average Bonchev–Trinajstić information content (AvgIpc) is 3.52. The van der Waals surface area contributed by atoms with Crippen LogP contribution in [0.2, 0.25) is 0 Å². The molecular weight excluding hydrogens is 336 g/mol. The summed E-state index contributed by atoms with van der Waals surface area (Å²) in [6.07, 6.45) is 10.4. The molecule has 1 aromatic carbocycles. The Labute approximate surface area is 162 Å². The minimum absolute atomic E-state index is 0.0722. The second-order valence-electron chi connectivity index (χ2n) is 8.70. The van der Waals surface area contributed by atoms with Crippen molar-refractivity contribution in [2.75, 3.05) is 5.32 Å². The van der Waals surface area contributed by atoms with Crippen molar-refractivity contribution in [2.45, 2.75) is 83.2 Å². The first-order chi connectivity index (χ1) is 13.2. The zero-order valence-electron chi connectivity index (χ0n) is 16.5. The molecule has 0 saturated heterocycles. The van der Waals surface area contributed by atoms with Crippen LogP contribution in [0.1, 0.15) is 70.3 Å². The predicted molar refractivity (Wildman–Crippen MR) is 107 cm³/mol. The fourth-order valence-electron chi connectivity index (χ4n) is 4.96. The summed E-state index contributed by atoms with van der Waals surface area (Å²) in [5.74, 6) is 1.12. The Morgan fingerprint density at radius 3 is 2.41 bits per heavy atom. The van der Waals surface area contributed by atoms with Crippen molar-refractivity contribution in [2.24, 2.45) is 11.8 Å². The highest BCUT2D eigenvalue weighted by molar-refractivity contribution is 5.96. The molecule has 3 aliphatic rings. The van der Waals surface area contributed by atoms with Gasteiger partial charge in [-0.1, -0.05) is 31.5 Å². The number of carbonyl (C=O) groups is 2. The molecular formula is C23H32N2O2. The number of para-hydroxylation sites is 1. The summed E-state index contributed by atoms with van der Waals surface area (Å²) in [6, 6.07) is 8.90. The van der Waals surface area contributed by atoms with Gasteiger partial charge in [-0.05, 0) is 68.9 Å². The molecule has 4 rings (SSSR count). The van der Waals surface area contributed by atoms with Gasteiger partial charge in [0.25, 0.3) is 0 Å². The Bertz CT molecular complexity index is 689. The SMILES string of the molecule is CCC1CCC(N(C(=O)CCC2Cc3ccccc3NC2=O)C2CC2)CC1. The Morgan fingerprint density at radius 2 is 1.74 bits per heavy atom. The molecule has 2 amide bonds. The first-order valence-corrected chi connectivity index (χ1v) is 10.9. The lowest BCUT2D eigenvalue weighted by Crippen LogP contribution is -2.44. The molecule has 1 aliphatic heterocycles. The van der Waals surface area contributed by atoms with E-state index in [1.54, 1.807) is 0 Å². The number of amides is 2. The number of benzene rings is 1. The standard InChI is InChI=1S/C23H32N2O2/c1-2-16-7-10-19(11-8-16)25(20-12-13-20)22(26)14-9-18-15-17-5-3-4-6-21(17)24-23(18)27/h3-6,16,18-20H,2,7-15H2,1H3,(H,24,27). The third-order valence-corrected chi connectivity index (χ3v) is 6.83. The predicted octanol–water partition coefficient (Wildman–Crippen LogP) is 4.54. The molecule has 1 aromatic rings. The van der Waals surface area contributed by atoms with Crippen molar-refractivity contribution in [3.05, 3.63) is 29.8 Å². The molecule has 2 aliphatic carbocycles. The van der Waals surface area contributed by atoms with E-state index in [0.717, 1.165) is 43.7 Å². The van der Waals surface area contributed by atoms with Crippen LogP contribution < -0.4 is 5.32 Å². The highest BCUT2D eigenvalue weighted by atomic mass is 16.2. The van der Waals surface area contributed by atoms with Gasteiger partial charge in [-0.2, -0.15) is 0 Å². The molecule has 1 heterocycles. The normalized spacial score (nSPS) is 27.6. The number of nitrogens with zero attached hydrogens (tertiary/aromatic N) is 1. The summed E-state index contributed by atoms with van der Waals surface area (Å²) in [4.78, 5) is 27.7. The van der Waals surface area contributed by atoms with Gasteiger partial charge in [0.15, 0.2) is 0 Å². The van der Waals surface area contributed by atoms with Gasteiger partial charge in [0.2, 0.25) is 11.8 Å². The summed E-state index contributed by atoms with van der Waals surface area (Å²) in [6.45, 7) is 2.28. The van der Waals surface area contributed by atoms with Crippen LogP contribution in [-0.2, 0) is 16.0 Å². The van der Waals surface area contributed by atoms with Crippen LogP contribution in [0.3, 0.4) is 0 Å². The van der Waals surface area contributed by atoms with Crippen molar-refractivity contribution in [1.82, 2.24) is 4.90 Å². The van der Waals surface area contributed by atoms with E-state index in [-0.39, 0.29) is 17.7 Å². The Kier molecular flexibility index (Phi) is 5.51. The average molecular weight is 369 g/mol. The van der Waals surface area contributed by atoms with E-state index in [2.05, 4.69) is 23.2 Å². The van der Waals surface area contributed by atoms with Gasteiger partial charge in [-0.3, -0.25) is 9.59 Å². The lowest BCUT2D eigenvalue weighted by Gasteiger charge is -2.37. The monoisotopic (exact) mass is 368 g/mol. The summed E-state index contributed by atoms with van der Waals surface area (Å²) >= 11 is 0. The highest BCUT2D eigenvalue weighted by Gasteiger charge is 2.38. The number of fused-ring (bicyclic) bond motifs is 1. The van der Waals surface area contributed by atoms with Crippen LogP contribution in [0.4, 0.5) is 5.69 Å². The van der Waals surface area contributed by atoms with Crippen LogP contribution in [0.25, 0.3) is 0 Å². The maximum Gasteiger partial charge on any atom is 0.227 e. The molecule has 4 nitrogen and oxygen atoms in total. The summed E-state index contributed by atoms with van der Waals surface area (Å²) < 4.78 is 0. The van der Waals surface area contributed by atoms with Crippen LogP contribution in [0.15, 0.2) is 24.3 Å². The first kappa shape index (κ1) is 18.5. The molecule has 1 N–H and O–H groups in total. The molecule has 0 aromatic heterocycles. The number of hydrogen-bond donors (Lipinski definition) is 1. The number of nitrogens with one attached hydrogen (secondary N) is 1. The zero-order chi connectivity index (χ0) is 18.8. The fraction of sp³-hybridized carbons (Fsp3) is 0.652. The van der Waals surface area contributed by atoms with Gasteiger partial charge < -0.3 is 10.2 Å². The molecule has 0 spiro atoms. The van der Waals surface area contributed by atoms with E-state index in [9.17, 15) is 9.59 Å². The molecule has 4 heteroatoms. The van der Waals surface area contributed by atoms with Crippen molar-refractivity contribution in [3.8, 4) is 0 Å². The van der Waals surface area contributed by atoms with E-state index in [4.69, 9.17) is 0 Å². The number of carbonyl (C=O) groups excluding carboxylic acids is 2. The molecule has 0 radical (unpaired) electrons. The van der Waals surface area contributed by atoms with Crippen LogP contribution in [0.5, 0.6) is 0 Å². The topological polar surface area (TPSA) is 49.4 Å². The third kappa shape index (κ3) is 4.20. The molecule has 0 bridgehead atoms. The van der Waals surface area contributed by atoms with Gasteiger partial charge >= 0.3 is 0 Å². The molecule has 1 atom stereocenters. The van der Waals surface area contributed by atoms with Gasteiger partial charge in [0.05, 0.1) is 0 Å². The smallest absolute Gasteiger partial charge is 0.227 e. The Hall–Kier alpha value is -1.84. The number of rotatable bonds is 6. The van der Waals surface area contributed by atoms with Crippen LogP contribution >= 0.6 is 0 Å². The van der Waals surface area contributed by atoms with Crippen molar-refractivity contribution < 1.29 is 9.59 Å². The van der Waals surface area contributed by atoms with E-state index in [0.29, 0.717) is 24.9 Å². The van der Waals surface area contributed by atoms with E-state index in [1.165, 1.54) is 24.8 Å². The lowest BCUT2D eigenvalue weighted by molar-refractivity contribution is -0.135. The molecule has 2 fully saturated rings. The quantitative estimate of drug-likeness (QED) is 0.801. The largest absolute Gasteiger partial charge is 0.337 e. The number of anilines is 1. The number of hydrogen-bond acceptors (Lipinski definition) is 2.